The van der Waals surface area contributed by atoms with E-state index in [-0.39, 0.29) is 12.3 Å². The van der Waals surface area contributed by atoms with Gasteiger partial charge in [-0.1, -0.05) is 6.07 Å². The summed E-state index contributed by atoms with van der Waals surface area (Å²) < 4.78 is 5.52. The van der Waals surface area contributed by atoms with Crippen molar-refractivity contribution in [1.29, 1.82) is 0 Å². The first-order valence-electron chi connectivity index (χ1n) is 6.43. The van der Waals surface area contributed by atoms with Crippen LogP contribution in [0.3, 0.4) is 0 Å². The lowest BCUT2D eigenvalue weighted by Gasteiger charge is -2.20. The SMILES string of the molecule is O=[N+]([O-])c1cccc(OCCN(CCO)C2CC2)c1. The van der Waals surface area contributed by atoms with Gasteiger partial charge in [0.15, 0.2) is 0 Å². The zero-order chi connectivity index (χ0) is 13.7. The van der Waals surface area contributed by atoms with Gasteiger partial charge >= 0.3 is 0 Å². The fourth-order valence-electron chi connectivity index (χ4n) is 2.01. The molecule has 104 valence electrons. The average molecular weight is 266 g/mol. The lowest BCUT2D eigenvalue weighted by Crippen LogP contribution is -2.33. The Morgan fingerprint density at radius 1 is 1.42 bits per heavy atom. The Labute approximate surface area is 111 Å². The number of hydrogen-bond acceptors (Lipinski definition) is 5. The largest absolute Gasteiger partial charge is 0.492 e. The Bertz CT molecular complexity index is 434. The summed E-state index contributed by atoms with van der Waals surface area (Å²) in [4.78, 5) is 12.4. The number of rotatable bonds is 8. The van der Waals surface area contributed by atoms with Crippen molar-refractivity contribution in [3.8, 4) is 5.75 Å². The number of nitro benzene ring substituents is 1. The molecule has 1 N–H and O–H groups in total. The van der Waals surface area contributed by atoms with Gasteiger partial charge < -0.3 is 9.84 Å². The van der Waals surface area contributed by atoms with Crippen LogP contribution in [0.2, 0.25) is 0 Å². The summed E-state index contributed by atoms with van der Waals surface area (Å²) in [5.74, 6) is 0.508. The van der Waals surface area contributed by atoms with Crippen molar-refractivity contribution in [3.05, 3.63) is 34.4 Å². The van der Waals surface area contributed by atoms with Gasteiger partial charge in [-0.05, 0) is 18.9 Å². The highest BCUT2D eigenvalue weighted by Crippen LogP contribution is 2.26. The van der Waals surface area contributed by atoms with E-state index in [2.05, 4.69) is 4.90 Å². The van der Waals surface area contributed by atoms with Crippen LogP contribution in [0.4, 0.5) is 5.69 Å². The molecule has 1 aromatic rings. The maximum atomic E-state index is 10.6. The van der Waals surface area contributed by atoms with Gasteiger partial charge in [-0.25, -0.2) is 0 Å². The molecule has 1 fully saturated rings. The van der Waals surface area contributed by atoms with Crippen molar-refractivity contribution >= 4 is 5.69 Å². The minimum absolute atomic E-state index is 0.0342. The smallest absolute Gasteiger partial charge is 0.273 e. The van der Waals surface area contributed by atoms with Crippen molar-refractivity contribution < 1.29 is 14.8 Å². The fourth-order valence-corrected chi connectivity index (χ4v) is 2.01. The lowest BCUT2D eigenvalue weighted by atomic mass is 10.3. The molecule has 0 heterocycles. The molecule has 0 aliphatic heterocycles. The van der Waals surface area contributed by atoms with Gasteiger partial charge in [0, 0.05) is 25.2 Å². The van der Waals surface area contributed by atoms with Crippen molar-refractivity contribution in [2.24, 2.45) is 0 Å². The van der Waals surface area contributed by atoms with E-state index in [4.69, 9.17) is 9.84 Å². The highest BCUT2D eigenvalue weighted by atomic mass is 16.6. The first-order valence-corrected chi connectivity index (χ1v) is 6.43. The van der Waals surface area contributed by atoms with E-state index in [1.807, 2.05) is 0 Å². The molecule has 0 spiro atoms. The summed E-state index contributed by atoms with van der Waals surface area (Å²) >= 11 is 0. The molecule has 0 saturated heterocycles. The second kappa shape index (κ2) is 6.49. The van der Waals surface area contributed by atoms with Crippen molar-refractivity contribution in [2.75, 3.05) is 26.3 Å². The molecule has 1 saturated carbocycles. The van der Waals surface area contributed by atoms with Crippen molar-refractivity contribution in [3.63, 3.8) is 0 Å². The summed E-state index contributed by atoms with van der Waals surface area (Å²) in [6.45, 7) is 2.00. The zero-order valence-electron chi connectivity index (χ0n) is 10.7. The first kappa shape index (κ1) is 13.8. The van der Waals surface area contributed by atoms with Crippen LogP contribution in [-0.2, 0) is 0 Å². The third kappa shape index (κ3) is 4.18. The molecule has 0 bridgehead atoms. The van der Waals surface area contributed by atoms with Gasteiger partial charge in [0.25, 0.3) is 5.69 Å². The quantitative estimate of drug-likeness (QED) is 0.569. The molecular weight excluding hydrogens is 248 g/mol. The van der Waals surface area contributed by atoms with Crippen LogP contribution in [0.5, 0.6) is 5.75 Å². The van der Waals surface area contributed by atoms with E-state index >= 15 is 0 Å². The topological polar surface area (TPSA) is 75.8 Å². The molecule has 0 radical (unpaired) electrons. The minimum Gasteiger partial charge on any atom is -0.492 e. The van der Waals surface area contributed by atoms with Gasteiger partial charge in [-0.15, -0.1) is 0 Å². The van der Waals surface area contributed by atoms with Crippen molar-refractivity contribution in [2.45, 2.75) is 18.9 Å². The van der Waals surface area contributed by atoms with Gasteiger partial charge in [0.2, 0.25) is 0 Å². The molecule has 0 amide bonds. The zero-order valence-corrected chi connectivity index (χ0v) is 10.7. The summed E-state index contributed by atoms with van der Waals surface area (Å²) in [7, 11) is 0. The Morgan fingerprint density at radius 3 is 2.84 bits per heavy atom. The van der Waals surface area contributed by atoms with Crippen LogP contribution >= 0.6 is 0 Å². The normalized spacial score (nSPS) is 14.6. The number of nitrogens with zero attached hydrogens (tertiary/aromatic N) is 2. The van der Waals surface area contributed by atoms with Crippen LogP contribution in [-0.4, -0.2) is 47.3 Å². The predicted octanol–water partition coefficient (Wildman–Crippen LogP) is 1.43. The molecular formula is C13H18N2O4. The molecule has 1 aliphatic rings. The number of non-ortho nitro benzene ring substituents is 1. The lowest BCUT2D eigenvalue weighted by molar-refractivity contribution is -0.384. The van der Waals surface area contributed by atoms with Crippen LogP contribution in [0.25, 0.3) is 0 Å². The molecule has 2 rings (SSSR count). The molecule has 0 aromatic heterocycles. The van der Waals surface area contributed by atoms with E-state index < -0.39 is 4.92 Å². The number of nitro groups is 1. The first-order chi connectivity index (χ1) is 9.20. The van der Waals surface area contributed by atoms with Gasteiger partial charge in [-0.2, -0.15) is 0 Å². The van der Waals surface area contributed by atoms with E-state index in [1.165, 1.54) is 25.0 Å². The van der Waals surface area contributed by atoms with E-state index in [9.17, 15) is 10.1 Å². The van der Waals surface area contributed by atoms with Crippen LogP contribution in [0.15, 0.2) is 24.3 Å². The summed E-state index contributed by atoms with van der Waals surface area (Å²) in [5, 5.41) is 19.6. The van der Waals surface area contributed by atoms with Crippen LogP contribution in [0, 0.1) is 10.1 Å². The highest BCUT2D eigenvalue weighted by molar-refractivity contribution is 5.37. The molecule has 6 heteroatoms. The monoisotopic (exact) mass is 266 g/mol. The standard InChI is InChI=1S/C13H18N2O4/c16-8-6-14(11-4-5-11)7-9-19-13-3-1-2-12(10-13)15(17)18/h1-3,10-11,16H,4-9H2. The van der Waals surface area contributed by atoms with E-state index in [0.29, 0.717) is 24.9 Å². The van der Waals surface area contributed by atoms with E-state index in [1.54, 1.807) is 12.1 Å². The molecule has 0 unspecified atom stereocenters. The van der Waals surface area contributed by atoms with Gasteiger partial charge in [-0.3, -0.25) is 15.0 Å². The number of aliphatic hydroxyl groups excluding tert-OH is 1. The Hall–Kier alpha value is -1.66. The number of ether oxygens (including phenoxy) is 1. The molecule has 19 heavy (non-hydrogen) atoms. The second-order valence-corrected chi connectivity index (χ2v) is 4.59. The molecule has 1 aliphatic carbocycles. The van der Waals surface area contributed by atoms with E-state index in [0.717, 1.165) is 6.54 Å². The van der Waals surface area contributed by atoms with Gasteiger partial charge in [0.05, 0.1) is 17.6 Å². The van der Waals surface area contributed by atoms with Crippen molar-refractivity contribution in [1.82, 2.24) is 4.90 Å². The average Bonchev–Trinajstić information content (AvgIpc) is 3.22. The maximum Gasteiger partial charge on any atom is 0.273 e. The van der Waals surface area contributed by atoms with Crippen LogP contribution < -0.4 is 4.74 Å². The predicted molar refractivity (Wildman–Crippen MR) is 70.3 cm³/mol. The molecule has 1 aromatic carbocycles. The Morgan fingerprint density at radius 2 is 2.21 bits per heavy atom. The summed E-state index contributed by atoms with van der Waals surface area (Å²) in [5.41, 5.74) is 0.0342. The number of benzene rings is 1. The van der Waals surface area contributed by atoms with Crippen LogP contribution in [0.1, 0.15) is 12.8 Å². The Kier molecular flexibility index (Phi) is 4.70. The number of aliphatic hydroxyl groups is 1. The summed E-state index contributed by atoms with van der Waals surface area (Å²) in [6.07, 6.45) is 2.35. The molecule has 0 atom stereocenters. The Balaban J connectivity index is 1.81. The molecule has 6 nitrogen and oxygen atoms in total. The maximum absolute atomic E-state index is 10.6. The summed E-state index contributed by atoms with van der Waals surface area (Å²) in [6, 6.07) is 6.75. The second-order valence-electron chi connectivity index (χ2n) is 4.59. The third-order valence-corrected chi connectivity index (χ3v) is 3.13. The number of hydrogen-bond donors (Lipinski definition) is 1. The minimum atomic E-state index is -0.435. The van der Waals surface area contributed by atoms with Gasteiger partial charge in [0.1, 0.15) is 12.4 Å². The highest BCUT2D eigenvalue weighted by Gasteiger charge is 2.28. The third-order valence-electron chi connectivity index (χ3n) is 3.13. The fraction of sp³-hybridized carbons (Fsp3) is 0.538.